The number of rotatable bonds is 3. The van der Waals surface area contributed by atoms with Crippen LogP contribution in [0.15, 0.2) is 210 Å². The van der Waals surface area contributed by atoms with Crippen LogP contribution in [0.5, 0.6) is 0 Å². The van der Waals surface area contributed by atoms with Crippen LogP contribution in [0.25, 0.3) is 77.9 Å². The van der Waals surface area contributed by atoms with Crippen molar-refractivity contribution in [3.05, 3.63) is 200 Å². The van der Waals surface area contributed by atoms with Crippen LogP contribution in [0.1, 0.15) is 0 Å². The predicted octanol–water partition coefficient (Wildman–Crippen LogP) is 14.5. The van der Waals surface area contributed by atoms with Crippen molar-refractivity contribution in [3.63, 3.8) is 0 Å². The van der Waals surface area contributed by atoms with Gasteiger partial charge in [-0.1, -0.05) is 145 Å². The number of hydrogen-bond donors (Lipinski definition) is 0. The fourth-order valence-corrected chi connectivity index (χ4v) is 10.3. The normalized spacial score (nSPS) is 12.5. The fraction of sp³-hybridized carbons (Fsp3) is 0. The lowest BCUT2D eigenvalue weighted by molar-refractivity contribution is 1.12. The molecule has 0 saturated heterocycles. The molecule has 0 aliphatic carbocycles. The second kappa shape index (κ2) is 12.3. The zero-order valence-corrected chi connectivity index (χ0v) is 31.1. The van der Waals surface area contributed by atoms with Gasteiger partial charge in [-0.3, -0.25) is 0 Å². The number of aromatic nitrogens is 2. The molecule has 0 spiro atoms. The maximum atomic E-state index is 2.50. The minimum atomic E-state index is 1.10. The van der Waals surface area contributed by atoms with Gasteiger partial charge in [-0.15, -0.1) is 0 Å². The Morgan fingerprint density at radius 3 is 1.52 bits per heavy atom. The summed E-state index contributed by atoms with van der Waals surface area (Å²) in [4.78, 5) is 5.01. The van der Waals surface area contributed by atoms with Crippen molar-refractivity contribution in [2.24, 2.45) is 0 Å². The van der Waals surface area contributed by atoms with Crippen LogP contribution in [-0.2, 0) is 0 Å². The van der Waals surface area contributed by atoms with Gasteiger partial charge in [0.05, 0.1) is 33.8 Å². The predicted molar refractivity (Wildman–Crippen MR) is 234 cm³/mol. The van der Waals surface area contributed by atoms with Gasteiger partial charge in [0.1, 0.15) is 0 Å². The Hall–Kier alpha value is -7.01. The lowest BCUT2D eigenvalue weighted by Gasteiger charge is -2.28. The van der Waals surface area contributed by atoms with Crippen LogP contribution in [0.3, 0.4) is 0 Å². The minimum Gasteiger partial charge on any atom is -0.309 e. The van der Waals surface area contributed by atoms with Gasteiger partial charge in [0.25, 0.3) is 0 Å². The highest BCUT2D eigenvalue weighted by atomic mass is 32.2. The first kappa shape index (κ1) is 31.4. The number of para-hydroxylation sites is 5. The van der Waals surface area contributed by atoms with Crippen molar-refractivity contribution in [1.82, 2.24) is 9.13 Å². The van der Waals surface area contributed by atoms with E-state index in [2.05, 4.69) is 214 Å². The highest BCUT2D eigenvalue weighted by molar-refractivity contribution is 7.99. The Labute approximate surface area is 329 Å². The average Bonchev–Trinajstić information content (AvgIpc) is 3.69. The highest BCUT2D eigenvalue weighted by Crippen LogP contribution is 2.56. The van der Waals surface area contributed by atoms with Crippen LogP contribution < -0.4 is 4.90 Å². The monoisotopic (exact) mass is 731 g/mol. The Morgan fingerprint density at radius 2 is 0.786 bits per heavy atom. The largest absolute Gasteiger partial charge is 0.309 e. The summed E-state index contributed by atoms with van der Waals surface area (Å²) in [6.45, 7) is 0. The highest BCUT2D eigenvalue weighted by Gasteiger charge is 2.32. The number of anilines is 3. The third kappa shape index (κ3) is 4.48. The molecule has 262 valence electrons. The SMILES string of the molecule is c1ccc(-n2c3c(c4ccccc42)-c2ccccc2N(c2cccc(-n4c5c(c6ccccc64)-c4ccccc4Sc4ccccc4-5)c2)c2ccccc2-3)cc1. The summed E-state index contributed by atoms with van der Waals surface area (Å²) < 4.78 is 4.95. The molecule has 0 saturated carbocycles. The van der Waals surface area contributed by atoms with E-state index in [9.17, 15) is 0 Å². The second-order valence-electron chi connectivity index (χ2n) is 14.5. The molecule has 56 heavy (non-hydrogen) atoms. The summed E-state index contributed by atoms with van der Waals surface area (Å²) >= 11 is 1.86. The molecule has 3 nitrogen and oxygen atoms in total. The van der Waals surface area contributed by atoms with Crippen molar-refractivity contribution in [2.45, 2.75) is 9.79 Å². The van der Waals surface area contributed by atoms with Crippen molar-refractivity contribution in [2.75, 3.05) is 4.90 Å². The molecule has 0 amide bonds. The van der Waals surface area contributed by atoms with Crippen LogP contribution in [0.2, 0.25) is 0 Å². The van der Waals surface area contributed by atoms with E-state index in [1.54, 1.807) is 0 Å². The molecule has 0 N–H and O–H groups in total. The smallest absolute Gasteiger partial charge is 0.0641 e. The van der Waals surface area contributed by atoms with E-state index in [1.165, 1.54) is 76.4 Å². The number of nitrogens with zero attached hydrogens (tertiary/aromatic N) is 3. The maximum Gasteiger partial charge on any atom is 0.0641 e. The fourth-order valence-electron chi connectivity index (χ4n) is 9.21. The average molecular weight is 732 g/mol. The van der Waals surface area contributed by atoms with Gasteiger partial charge in [0.15, 0.2) is 0 Å². The molecule has 0 fully saturated rings. The molecule has 10 aromatic rings. The first-order chi connectivity index (χ1) is 27.8. The molecule has 0 bridgehead atoms. The zero-order chi connectivity index (χ0) is 36.7. The van der Waals surface area contributed by atoms with Gasteiger partial charge < -0.3 is 14.0 Å². The molecule has 0 radical (unpaired) electrons. The quantitative estimate of drug-likeness (QED) is 0.179. The molecule has 8 aromatic carbocycles. The Balaban J connectivity index is 1.14. The molecule has 2 aliphatic rings. The molecule has 4 heterocycles. The molecule has 2 aromatic heterocycles. The standard InChI is InChI=1S/C52H33N3S/c1-2-17-34(18-3-1)54-44-28-11-5-22-38(44)49-37-21-4-10-27-43(37)53(46-30-13-7-24-40(46)51(49)54)35-19-16-20-36(33-35)55-45-29-12-6-23-39(45)50-41-25-8-14-31-47(41)56-48-32-15-9-26-42(48)52(50)55/h1-33H. The number of benzene rings is 8. The molecule has 4 heteroatoms. The minimum absolute atomic E-state index is 1.10. The van der Waals surface area contributed by atoms with E-state index >= 15 is 0 Å². The molecule has 0 unspecified atom stereocenters. The molecule has 2 aliphatic heterocycles. The second-order valence-corrected chi connectivity index (χ2v) is 15.6. The van der Waals surface area contributed by atoms with Gasteiger partial charge in [-0.05, 0) is 72.3 Å². The van der Waals surface area contributed by atoms with Crippen LogP contribution in [0.4, 0.5) is 17.1 Å². The van der Waals surface area contributed by atoms with E-state index in [-0.39, 0.29) is 0 Å². The third-order valence-corrected chi connectivity index (χ3v) is 12.6. The first-order valence-corrected chi connectivity index (χ1v) is 19.9. The summed E-state index contributed by atoms with van der Waals surface area (Å²) in [7, 11) is 0. The van der Waals surface area contributed by atoms with Gasteiger partial charge >= 0.3 is 0 Å². The first-order valence-electron chi connectivity index (χ1n) is 19.1. The Bertz CT molecular complexity index is 3190. The topological polar surface area (TPSA) is 13.1 Å². The molecular formula is C52H33N3S. The van der Waals surface area contributed by atoms with Crippen molar-refractivity contribution >= 4 is 50.6 Å². The molecule has 0 atom stereocenters. The van der Waals surface area contributed by atoms with E-state index in [0.717, 1.165) is 28.4 Å². The van der Waals surface area contributed by atoms with E-state index in [0.29, 0.717) is 0 Å². The summed E-state index contributed by atoms with van der Waals surface area (Å²) in [6, 6.07) is 73.3. The van der Waals surface area contributed by atoms with Crippen LogP contribution >= 0.6 is 11.8 Å². The van der Waals surface area contributed by atoms with E-state index < -0.39 is 0 Å². The van der Waals surface area contributed by atoms with Crippen molar-refractivity contribution in [3.8, 4) is 56.1 Å². The zero-order valence-electron chi connectivity index (χ0n) is 30.3. The van der Waals surface area contributed by atoms with Gasteiger partial charge in [-0.25, -0.2) is 0 Å². The van der Waals surface area contributed by atoms with Gasteiger partial charge in [0, 0.05) is 65.4 Å². The van der Waals surface area contributed by atoms with Gasteiger partial charge in [0.2, 0.25) is 0 Å². The van der Waals surface area contributed by atoms with Crippen LogP contribution in [-0.4, -0.2) is 9.13 Å². The summed E-state index contributed by atoms with van der Waals surface area (Å²) in [5, 5.41) is 2.49. The maximum absolute atomic E-state index is 2.50. The van der Waals surface area contributed by atoms with E-state index in [1.807, 2.05) is 11.8 Å². The lowest BCUT2D eigenvalue weighted by Crippen LogP contribution is -2.12. The third-order valence-electron chi connectivity index (χ3n) is 11.4. The van der Waals surface area contributed by atoms with E-state index in [4.69, 9.17) is 0 Å². The molecular weight excluding hydrogens is 699 g/mol. The summed E-state index contributed by atoms with van der Waals surface area (Å²) in [6.07, 6.45) is 0. The van der Waals surface area contributed by atoms with Crippen molar-refractivity contribution < 1.29 is 0 Å². The number of fused-ring (bicyclic) bond motifs is 14. The van der Waals surface area contributed by atoms with Gasteiger partial charge in [-0.2, -0.15) is 0 Å². The van der Waals surface area contributed by atoms with Crippen molar-refractivity contribution in [1.29, 1.82) is 0 Å². The number of hydrogen-bond acceptors (Lipinski definition) is 2. The summed E-state index contributed by atoms with van der Waals surface area (Å²) in [5.74, 6) is 0. The van der Waals surface area contributed by atoms with Crippen LogP contribution in [0, 0.1) is 0 Å². The lowest BCUT2D eigenvalue weighted by atomic mass is 9.98. The molecule has 12 rings (SSSR count). The Morgan fingerprint density at radius 1 is 0.321 bits per heavy atom. The Kier molecular flexibility index (Phi) is 6.86. The summed E-state index contributed by atoms with van der Waals surface area (Å²) in [5.41, 5.74) is 17.9.